The number of likely N-dealkylation sites (tertiary alicyclic amines) is 1. The number of nitrogens with zero attached hydrogens (tertiary/aromatic N) is 3. The lowest BCUT2D eigenvalue weighted by Crippen LogP contribution is -2.36. The van der Waals surface area contributed by atoms with Crippen LogP contribution in [0.25, 0.3) is 5.69 Å². The number of benzene rings is 2. The Morgan fingerprint density at radius 3 is 2.44 bits per heavy atom. The maximum atomic E-state index is 14.8. The van der Waals surface area contributed by atoms with E-state index in [1.807, 2.05) is 0 Å². The predicted molar refractivity (Wildman–Crippen MR) is 130 cm³/mol. The molecule has 5 nitrogen and oxygen atoms in total. The lowest BCUT2D eigenvalue weighted by Gasteiger charge is -2.29. The van der Waals surface area contributed by atoms with Crippen LogP contribution in [0.3, 0.4) is 0 Å². The third-order valence-electron chi connectivity index (χ3n) is 5.82. The quantitative estimate of drug-likeness (QED) is 0.320. The summed E-state index contributed by atoms with van der Waals surface area (Å²) >= 11 is 12.6. The largest absolute Gasteiger partial charge is 0.392 e. The second-order valence-electron chi connectivity index (χ2n) is 8.00. The van der Waals surface area contributed by atoms with Gasteiger partial charge in [0.1, 0.15) is 23.5 Å². The van der Waals surface area contributed by atoms with Crippen molar-refractivity contribution in [1.82, 2.24) is 9.47 Å². The number of oxime groups is 1. The SMILES string of the molecule is CCN1CCC(ON=C(c2ccc(=O)n(-c3c(Cl)cccc3Cl)c2)c2ccc(F)cc2F)CC1. The number of piperidine rings is 1. The van der Waals surface area contributed by atoms with Crippen molar-refractivity contribution in [2.24, 2.45) is 5.16 Å². The summed E-state index contributed by atoms with van der Waals surface area (Å²) in [6.07, 6.45) is 2.90. The van der Waals surface area contributed by atoms with Crippen molar-refractivity contribution in [3.05, 3.63) is 97.9 Å². The molecule has 1 saturated heterocycles. The van der Waals surface area contributed by atoms with Gasteiger partial charge in [0.2, 0.25) is 0 Å². The molecule has 0 unspecified atom stereocenters. The topological polar surface area (TPSA) is 46.8 Å². The maximum Gasteiger partial charge on any atom is 0.255 e. The molecule has 0 bridgehead atoms. The first-order valence-electron chi connectivity index (χ1n) is 11.0. The average Bonchev–Trinajstić information content (AvgIpc) is 2.82. The van der Waals surface area contributed by atoms with E-state index in [1.54, 1.807) is 18.2 Å². The number of hydrogen-bond donors (Lipinski definition) is 0. The molecule has 9 heteroatoms. The standard InChI is InChI=1S/C25H23Cl2F2N3O2/c1-2-31-12-10-18(11-13-31)34-30-24(19-8-7-17(28)14-22(19)29)16-6-9-23(33)32(15-16)25-20(26)4-3-5-21(25)27/h3-9,14-15,18H,2,10-13H2,1H3. The molecule has 1 fully saturated rings. The van der Waals surface area contributed by atoms with E-state index in [0.717, 1.165) is 44.6 Å². The third kappa shape index (κ3) is 5.32. The molecule has 0 N–H and O–H groups in total. The van der Waals surface area contributed by atoms with Crippen LogP contribution in [0.1, 0.15) is 30.9 Å². The van der Waals surface area contributed by atoms with Crippen LogP contribution in [0.4, 0.5) is 8.78 Å². The Kier molecular flexibility index (Phi) is 7.66. The van der Waals surface area contributed by atoms with Crippen molar-refractivity contribution in [3.8, 4) is 5.69 Å². The number of para-hydroxylation sites is 1. The number of hydrogen-bond acceptors (Lipinski definition) is 4. The zero-order chi connectivity index (χ0) is 24.2. The monoisotopic (exact) mass is 505 g/mol. The summed E-state index contributed by atoms with van der Waals surface area (Å²) in [6.45, 7) is 4.84. The lowest BCUT2D eigenvalue weighted by atomic mass is 10.0. The van der Waals surface area contributed by atoms with Gasteiger partial charge in [0.25, 0.3) is 5.56 Å². The molecule has 1 aromatic heterocycles. The Hall–Kier alpha value is -2.74. The van der Waals surface area contributed by atoms with E-state index in [-0.39, 0.29) is 33.0 Å². The molecule has 0 spiro atoms. The molecule has 1 aliphatic heterocycles. The Morgan fingerprint density at radius 2 is 1.79 bits per heavy atom. The zero-order valence-electron chi connectivity index (χ0n) is 18.5. The smallest absolute Gasteiger partial charge is 0.255 e. The van der Waals surface area contributed by atoms with Crippen molar-refractivity contribution >= 4 is 28.9 Å². The molecule has 34 heavy (non-hydrogen) atoms. The number of pyridine rings is 1. The number of halogens is 4. The van der Waals surface area contributed by atoms with E-state index in [2.05, 4.69) is 17.0 Å². The molecule has 0 atom stereocenters. The Morgan fingerprint density at radius 1 is 1.09 bits per heavy atom. The van der Waals surface area contributed by atoms with Gasteiger partial charge >= 0.3 is 0 Å². The lowest BCUT2D eigenvalue weighted by molar-refractivity contribution is 0.0121. The fourth-order valence-electron chi connectivity index (χ4n) is 3.92. The van der Waals surface area contributed by atoms with Gasteiger partial charge in [-0.3, -0.25) is 9.36 Å². The van der Waals surface area contributed by atoms with Gasteiger partial charge in [-0.15, -0.1) is 0 Å². The van der Waals surface area contributed by atoms with E-state index in [4.69, 9.17) is 28.0 Å². The van der Waals surface area contributed by atoms with Crippen molar-refractivity contribution < 1.29 is 13.6 Å². The van der Waals surface area contributed by atoms with Crippen molar-refractivity contribution in [3.63, 3.8) is 0 Å². The molecular formula is C25H23Cl2F2N3O2. The molecule has 0 saturated carbocycles. The predicted octanol–water partition coefficient (Wildman–Crippen LogP) is 5.68. The van der Waals surface area contributed by atoms with E-state index >= 15 is 0 Å². The molecule has 2 aromatic carbocycles. The minimum atomic E-state index is -0.795. The number of rotatable bonds is 6. The highest BCUT2D eigenvalue weighted by molar-refractivity contribution is 6.37. The Balaban J connectivity index is 1.77. The van der Waals surface area contributed by atoms with Crippen LogP contribution in [-0.2, 0) is 4.84 Å². The second kappa shape index (κ2) is 10.7. The second-order valence-corrected chi connectivity index (χ2v) is 8.81. The van der Waals surface area contributed by atoms with Crippen molar-refractivity contribution in [2.75, 3.05) is 19.6 Å². The third-order valence-corrected chi connectivity index (χ3v) is 6.43. The zero-order valence-corrected chi connectivity index (χ0v) is 20.0. The van der Waals surface area contributed by atoms with Crippen LogP contribution in [0.2, 0.25) is 10.0 Å². The molecule has 0 amide bonds. The summed E-state index contributed by atoms with van der Waals surface area (Å²) in [4.78, 5) is 20.8. The van der Waals surface area contributed by atoms with Gasteiger partial charge < -0.3 is 9.74 Å². The van der Waals surface area contributed by atoms with Crippen molar-refractivity contribution in [2.45, 2.75) is 25.9 Å². The molecule has 0 aliphatic carbocycles. The van der Waals surface area contributed by atoms with Gasteiger partial charge in [0.15, 0.2) is 0 Å². The first kappa shape index (κ1) is 24.4. The van der Waals surface area contributed by atoms with Crippen LogP contribution in [0.5, 0.6) is 0 Å². The highest BCUT2D eigenvalue weighted by Crippen LogP contribution is 2.28. The molecular weight excluding hydrogens is 483 g/mol. The number of aromatic nitrogens is 1. The van der Waals surface area contributed by atoms with Crippen LogP contribution in [0.15, 0.2) is 64.7 Å². The highest BCUT2D eigenvalue weighted by Gasteiger charge is 2.21. The van der Waals surface area contributed by atoms with Gasteiger partial charge in [-0.2, -0.15) is 0 Å². The molecule has 4 rings (SSSR count). The van der Waals surface area contributed by atoms with E-state index in [1.165, 1.54) is 29.0 Å². The van der Waals surface area contributed by atoms with E-state index in [9.17, 15) is 13.6 Å². The van der Waals surface area contributed by atoms with Gasteiger partial charge in [-0.1, -0.05) is 41.3 Å². The van der Waals surface area contributed by atoms with Crippen LogP contribution in [-0.4, -0.2) is 40.9 Å². The Labute approximate surface area is 206 Å². The molecule has 2 heterocycles. The first-order valence-corrected chi connectivity index (χ1v) is 11.7. The van der Waals surface area contributed by atoms with Gasteiger partial charge in [-0.05, 0) is 49.7 Å². The summed E-state index contributed by atoms with van der Waals surface area (Å²) in [5, 5.41) is 4.84. The molecule has 0 radical (unpaired) electrons. The van der Waals surface area contributed by atoms with E-state index in [0.29, 0.717) is 11.3 Å². The molecule has 3 aromatic rings. The van der Waals surface area contributed by atoms with Crippen LogP contribution in [0, 0.1) is 11.6 Å². The first-order chi connectivity index (χ1) is 16.4. The van der Waals surface area contributed by atoms with E-state index < -0.39 is 11.6 Å². The summed E-state index contributed by atoms with van der Waals surface area (Å²) < 4.78 is 29.7. The molecule has 178 valence electrons. The highest BCUT2D eigenvalue weighted by atomic mass is 35.5. The van der Waals surface area contributed by atoms with Crippen molar-refractivity contribution in [1.29, 1.82) is 0 Å². The van der Waals surface area contributed by atoms with Crippen LogP contribution < -0.4 is 5.56 Å². The molecule has 1 aliphatic rings. The maximum absolute atomic E-state index is 14.8. The van der Waals surface area contributed by atoms with Gasteiger partial charge in [0.05, 0.1) is 15.7 Å². The summed E-state index contributed by atoms with van der Waals surface area (Å²) in [7, 11) is 0. The normalized spacial score (nSPS) is 15.5. The fourth-order valence-corrected chi connectivity index (χ4v) is 4.50. The van der Waals surface area contributed by atoms with Gasteiger partial charge in [0, 0.05) is 42.5 Å². The minimum Gasteiger partial charge on any atom is -0.392 e. The average molecular weight is 506 g/mol. The van der Waals surface area contributed by atoms with Gasteiger partial charge in [-0.25, -0.2) is 8.78 Å². The fraction of sp³-hybridized carbons (Fsp3) is 0.280. The summed E-state index contributed by atoms with van der Waals surface area (Å²) in [5.41, 5.74) is 0.470. The summed E-state index contributed by atoms with van der Waals surface area (Å²) in [5.74, 6) is -1.50. The Bertz CT molecular complexity index is 1250. The minimum absolute atomic E-state index is 0.0443. The van der Waals surface area contributed by atoms with Crippen LogP contribution >= 0.6 is 23.2 Å². The summed E-state index contributed by atoms with van der Waals surface area (Å²) in [6, 6.07) is 10.9.